The molecule has 4 aromatic carbocycles. The van der Waals surface area contributed by atoms with Crippen LogP contribution in [0.5, 0.6) is 0 Å². The molecule has 6 heteroatoms. The number of rotatable bonds is 8. The molecule has 4 N–H and O–H groups in total. The zero-order valence-electron chi connectivity index (χ0n) is 24.7. The van der Waals surface area contributed by atoms with Gasteiger partial charge in [-0.05, 0) is 58.4 Å². The van der Waals surface area contributed by atoms with Crippen LogP contribution in [-0.4, -0.2) is 33.2 Å². The first kappa shape index (κ1) is 29.3. The SMILES string of the molecule is O=C(CC(=O)N[C@@H](c1cccc2ccccc12)C1(O)CCCCC1)N[C@@H](c1cccc2ccccc12)C1(O)CCCCC1. The number of carbonyl (C=O) groups is 2. The number of benzene rings is 4. The third kappa shape index (κ3) is 6.17. The molecule has 2 amide bonds. The number of hydrogen-bond donors (Lipinski definition) is 4. The number of hydrogen-bond acceptors (Lipinski definition) is 4. The van der Waals surface area contributed by atoms with Gasteiger partial charge in [-0.3, -0.25) is 9.59 Å². The molecule has 2 atom stereocenters. The van der Waals surface area contributed by atoms with Gasteiger partial charge in [-0.25, -0.2) is 0 Å². The first-order valence-electron chi connectivity index (χ1n) is 15.9. The summed E-state index contributed by atoms with van der Waals surface area (Å²) in [5.41, 5.74) is -0.475. The van der Waals surface area contributed by atoms with Crippen LogP contribution in [0.15, 0.2) is 84.9 Å². The van der Waals surface area contributed by atoms with E-state index in [1.807, 2.05) is 84.9 Å². The molecule has 0 heterocycles. The van der Waals surface area contributed by atoms with Gasteiger partial charge in [0, 0.05) is 0 Å². The minimum Gasteiger partial charge on any atom is -0.387 e. The second kappa shape index (κ2) is 12.5. The second-order valence-corrected chi connectivity index (χ2v) is 12.6. The zero-order valence-corrected chi connectivity index (χ0v) is 24.7. The maximum Gasteiger partial charge on any atom is 0.230 e. The summed E-state index contributed by atoms with van der Waals surface area (Å²) < 4.78 is 0. The monoisotopic (exact) mass is 578 g/mol. The quantitative estimate of drug-likeness (QED) is 0.173. The van der Waals surface area contributed by atoms with Gasteiger partial charge >= 0.3 is 0 Å². The van der Waals surface area contributed by atoms with Crippen molar-refractivity contribution >= 4 is 33.4 Å². The summed E-state index contributed by atoms with van der Waals surface area (Å²) in [5, 5.41) is 34.0. The lowest BCUT2D eigenvalue weighted by molar-refractivity contribution is -0.133. The van der Waals surface area contributed by atoms with Crippen molar-refractivity contribution in [2.75, 3.05) is 0 Å². The summed E-state index contributed by atoms with van der Waals surface area (Å²) in [4.78, 5) is 27.2. The Labute approximate surface area is 253 Å². The first-order chi connectivity index (χ1) is 20.9. The molecule has 0 aliphatic heterocycles. The Morgan fingerprint density at radius 2 is 0.930 bits per heavy atom. The van der Waals surface area contributed by atoms with Crippen molar-refractivity contribution in [2.45, 2.75) is 93.9 Å². The Balaban J connectivity index is 1.27. The lowest BCUT2D eigenvalue weighted by Gasteiger charge is -2.41. The van der Waals surface area contributed by atoms with Crippen LogP contribution in [0.3, 0.4) is 0 Å². The Bertz CT molecular complexity index is 1470. The van der Waals surface area contributed by atoms with Gasteiger partial charge in [0.1, 0.15) is 6.42 Å². The van der Waals surface area contributed by atoms with Gasteiger partial charge in [0.15, 0.2) is 0 Å². The average Bonchev–Trinajstić information content (AvgIpc) is 3.03. The van der Waals surface area contributed by atoms with Crippen LogP contribution in [0, 0.1) is 0 Å². The van der Waals surface area contributed by atoms with Crippen molar-refractivity contribution in [3.05, 3.63) is 96.1 Å². The van der Waals surface area contributed by atoms with Gasteiger partial charge in [-0.2, -0.15) is 0 Å². The Kier molecular flexibility index (Phi) is 8.51. The molecule has 6 nitrogen and oxygen atoms in total. The summed E-state index contributed by atoms with van der Waals surface area (Å²) in [6.45, 7) is 0. The Morgan fingerprint density at radius 1 is 0.558 bits per heavy atom. The summed E-state index contributed by atoms with van der Waals surface area (Å²) in [5.74, 6) is -0.886. The number of fused-ring (bicyclic) bond motifs is 2. The molecule has 4 aromatic rings. The molecule has 2 saturated carbocycles. The zero-order chi connectivity index (χ0) is 29.9. The molecule has 0 spiro atoms. The molecular weight excluding hydrogens is 536 g/mol. The average molecular weight is 579 g/mol. The number of amides is 2. The molecule has 43 heavy (non-hydrogen) atoms. The van der Waals surface area contributed by atoms with Crippen molar-refractivity contribution in [2.24, 2.45) is 0 Å². The fraction of sp³-hybridized carbons (Fsp3) is 0.405. The van der Waals surface area contributed by atoms with Crippen LogP contribution in [0.1, 0.15) is 93.8 Å². The summed E-state index contributed by atoms with van der Waals surface area (Å²) >= 11 is 0. The van der Waals surface area contributed by atoms with Crippen LogP contribution in [0.25, 0.3) is 21.5 Å². The predicted molar refractivity (Wildman–Crippen MR) is 170 cm³/mol. The van der Waals surface area contributed by atoms with E-state index in [0.29, 0.717) is 25.7 Å². The summed E-state index contributed by atoms with van der Waals surface area (Å²) in [7, 11) is 0. The molecule has 0 bridgehead atoms. The normalized spacial score (nSPS) is 19.4. The van der Waals surface area contributed by atoms with E-state index in [2.05, 4.69) is 10.6 Å². The molecule has 0 saturated heterocycles. The van der Waals surface area contributed by atoms with Crippen molar-refractivity contribution in [1.29, 1.82) is 0 Å². The lowest BCUT2D eigenvalue weighted by Crippen LogP contribution is -2.50. The maximum atomic E-state index is 13.6. The number of carbonyl (C=O) groups excluding carboxylic acids is 2. The van der Waals surface area contributed by atoms with Crippen LogP contribution >= 0.6 is 0 Å². The van der Waals surface area contributed by atoms with Crippen molar-refractivity contribution in [3.8, 4) is 0 Å². The van der Waals surface area contributed by atoms with Crippen LogP contribution in [-0.2, 0) is 9.59 Å². The van der Waals surface area contributed by atoms with E-state index < -0.39 is 41.5 Å². The van der Waals surface area contributed by atoms with Gasteiger partial charge in [0.25, 0.3) is 0 Å². The summed E-state index contributed by atoms with van der Waals surface area (Å²) in [6.07, 6.45) is 7.62. The van der Waals surface area contributed by atoms with Crippen LogP contribution in [0.4, 0.5) is 0 Å². The van der Waals surface area contributed by atoms with Crippen LogP contribution < -0.4 is 10.6 Å². The summed E-state index contributed by atoms with van der Waals surface area (Å²) in [6, 6.07) is 26.6. The fourth-order valence-electron chi connectivity index (χ4n) is 7.48. The standard InChI is InChI=1S/C37H42N2O4/c40-32(38-34(36(42)21-7-1-8-22-36)30-19-11-15-26-13-3-5-17-28(26)30)25-33(41)39-35(37(43)23-9-2-10-24-37)31-20-12-16-27-14-4-6-18-29(27)31/h3-6,11-20,34-35,42-43H,1-2,7-10,21-25H2,(H,38,40)(H,39,41)/t34-,35-/m0/s1. The maximum absolute atomic E-state index is 13.6. The molecule has 2 aliphatic rings. The Hall–Kier alpha value is -3.74. The van der Waals surface area contributed by atoms with E-state index in [1.54, 1.807) is 0 Å². The van der Waals surface area contributed by atoms with E-state index in [0.717, 1.165) is 71.2 Å². The van der Waals surface area contributed by atoms with E-state index in [9.17, 15) is 19.8 Å². The minimum atomic E-state index is -1.10. The van der Waals surface area contributed by atoms with E-state index in [4.69, 9.17) is 0 Å². The minimum absolute atomic E-state index is 0.394. The molecule has 0 aromatic heterocycles. The molecule has 2 aliphatic carbocycles. The molecule has 224 valence electrons. The molecule has 0 radical (unpaired) electrons. The van der Waals surface area contributed by atoms with E-state index >= 15 is 0 Å². The van der Waals surface area contributed by atoms with E-state index in [1.165, 1.54) is 0 Å². The third-order valence-electron chi connectivity index (χ3n) is 9.71. The third-order valence-corrected chi connectivity index (χ3v) is 9.71. The van der Waals surface area contributed by atoms with Gasteiger partial charge < -0.3 is 20.8 Å². The van der Waals surface area contributed by atoms with Crippen molar-refractivity contribution < 1.29 is 19.8 Å². The predicted octanol–water partition coefficient (Wildman–Crippen LogP) is 6.79. The number of aliphatic hydroxyl groups is 2. The lowest BCUT2D eigenvalue weighted by atomic mass is 9.75. The highest BCUT2D eigenvalue weighted by molar-refractivity contribution is 5.98. The van der Waals surface area contributed by atoms with Gasteiger partial charge in [0.05, 0.1) is 23.3 Å². The highest BCUT2D eigenvalue weighted by Gasteiger charge is 2.42. The van der Waals surface area contributed by atoms with Gasteiger partial charge in [-0.15, -0.1) is 0 Å². The topological polar surface area (TPSA) is 98.7 Å². The second-order valence-electron chi connectivity index (χ2n) is 12.6. The largest absolute Gasteiger partial charge is 0.387 e. The Morgan fingerprint density at radius 3 is 1.35 bits per heavy atom. The molecular formula is C37H42N2O4. The van der Waals surface area contributed by atoms with Crippen LogP contribution in [0.2, 0.25) is 0 Å². The first-order valence-corrected chi connectivity index (χ1v) is 15.9. The van der Waals surface area contributed by atoms with Gasteiger partial charge in [0.2, 0.25) is 11.8 Å². The smallest absolute Gasteiger partial charge is 0.230 e. The molecule has 0 unspecified atom stereocenters. The fourth-order valence-corrected chi connectivity index (χ4v) is 7.48. The van der Waals surface area contributed by atoms with Crippen molar-refractivity contribution in [1.82, 2.24) is 10.6 Å². The van der Waals surface area contributed by atoms with E-state index in [-0.39, 0.29) is 0 Å². The highest BCUT2D eigenvalue weighted by atomic mass is 16.3. The molecule has 6 rings (SSSR count). The van der Waals surface area contributed by atoms with Gasteiger partial charge in [-0.1, -0.05) is 123 Å². The molecule has 2 fully saturated rings. The highest BCUT2D eigenvalue weighted by Crippen LogP contribution is 2.42. The number of nitrogens with one attached hydrogen (secondary N) is 2. The van der Waals surface area contributed by atoms with Crippen molar-refractivity contribution in [3.63, 3.8) is 0 Å².